The molecular formula is C21H24N2O2. The van der Waals surface area contributed by atoms with E-state index in [1.54, 1.807) is 7.11 Å². The number of aryl methyl sites for hydroxylation is 1. The predicted octanol–water partition coefficient (Wildman–Crippen LogP) is 3.14. The Kier molecular flexibility index (Phi) is 4.45. The number of methoxy groups -OCH3 is 1. The number of rotatable bonds is 3. The number of hydrogen-bond acceptors (Lipinski definition) is 3. The Morgan fingerprint density at radius 1 is 1.00 bits per heavy atom. The van der Waals surface area contributed by atoms with E-state index in [0.29, 0.717) is 17.4 Å². The summed E-state index contributed by atoms with van der Waals surface area (Å²) >= 11 is 0. The lowest BCUT2D eigenvalue weighted by molar-refractivity contribution is 0.0565. The third kappa shape index (κ3) is 3.02. The molecule has 1 saturated heterocycles. The Balaban J connectivity index is 1.43. The van der Waals surface area contributed by atoms with Crippen molar-refractivity contribution in [2.75, 3.05) is 33.3 Å². The lowest BCUT2D eigenvalue weighted by Gasteiger charge is -2.38. The van der Waals surface area contributed by atoms with Gasteiger partial charge in [0.1, 0.15) is 5.75 Å². The van der Waals surface area contributed by atoms with Crippen LogP contribution in [0.15, 0.2) is 48.5 Å². The molecule has 0 saturated carbocycles. The summed E-state index contributed by atoms with van der Waals surface area (Å²) in [5, 5.41) is 0. The van der Waals surface area contributed by atoms with Gasteiger partial charge in [0.15, 0.2) is 0 Å². The first-order valence-electron chi connectivity index (χ1n) is 9.02. The Hall–Kier alpha value is -2.33. The first kappa shape index (κ1) is 16.2. The average molecular weight is 336 g/mol. The van der Waals surface area contributed by atoms with E-state index in [0.717, 1.165) is 26.2 Å². The van der Waals surface area contributed by atoms with Crippen LogP contribution in [0.25, 0.3) is 0 Å². The van der Waals surface area contributed by atoms with E-state index < -0.39 is 0 Å². The topological polar surface area (TPSA) is 32.8 Å². The van der Waals surface area contributed by atoms with Gasteiger partial charge < -0.3 is 9.64 Å². The molecule has 1 atom stereocenters. The van der Waals surface area contributed by atoms with Gasteiger partial charge in [-0.25, -0.2) is 0 Å². The Labute approximate surface area is 149 Å². The lowest BCUT2D eigenvalue weighted by atomic mass is 10.1. The molecule has 0 N–H and O–H groups in total. The second kappa shape index (κ2) is 6.89. The smallest absolute Gasteiger partial charge is 0.257 e. The molecule has 2 aliphatic rings. The van der Waals surface area contributed by atoms with Crippen LogP contribution >= 0.6 is 0 Å². The van der Waals surface area contributed by atoms with E-state index in [4.69, 9.17) is 4.74 Å². The zero-order valence-corrected chi connectivity index (χ0v) is 14.6. The van der Waals surface area contributed by atoms with Gasteiger partial charge in [-0.15, -0.1) is 0 Å². The third-order valence-corrected chi connectivity index (χ3v) is 5.48. The minimum Gasteiger partial charge on any atom is -0.496 e. The summed E-state index contributed by atoms with van der Waals surface area (Å²) in [5.74, 6) is 0.726. The van der Waals surface area contributed by atoms with Gasteiger partial charge in [-0.1, -0.05) is 36.4 Å². The lowest BCUT2D eigenvalue weighted by Crippen LogP contribution is -2.49. The van der Waals surface area contributed by atoms with E-state index in [2.05, 4.69) is 29.2 Å². The standard InChI is InChI=1S/C21H24N2O2/c1-25-20-9-5-4-8-18(20)21(24)23-14-12-22(13-15-23)19-11-10-16-6-2-3-7-17(16)19/h2-9,19H,10-15H2,1H3. The van der Waals surface area contributed by atoms with E-state index in [9.17, 15) is 4.79 Å². The maximum atomic E-state index is 12.8. The van der Waals surface area contributed by atoms with E-state index in [1.165, 1.54) is 24.0 Å². The molecular weight excluding hydrogens is 312 g/mol. The molecule has 1 unspecified atom stereocenters. The van der Waals surface area contributed by atoms with Crippen LogP contribution < -0.4 is 4.74 Å². The molecule has 0 spiro atoms. The molecule has 2 aromatic rings. The van der Waals surface area contributed by atoms with Crippen molar-refractivity contribution < 1.29 is 9.53 Å². The molecule has 130 valence electrons. The van der Waals surface area contributed by atoms with Crippen molar-refractivity contribution in [1.82, 2.24) is 9.80 Å². The van der Waals surface area contributed by atoms with Crippen molar-refractivity contribution in [2.45, 2.75) is 18.9 Å². The summed E-state index contributed by atoms with van der Waals surface area (Å²) in [6.07, 6.45) is 2.36. The van der Waals surface area contributed by atoms with Crippen LogP contribution in [0.3, 0.4) is 0 Å². The van der Waals surface area contributed by atoms with Gasteiger partial charge in [0.25, 0.3) is 5.91 Å². The first-order chi connectivity index (χ1) is 12.3. The molecule has 2 aromatic carbocycles. The SMILES string of the molecule is COc1ccccc1C(=O)N1CCN(C2CCc3ccccc32)CC1. The molecule has 1 amide bonds. The van der Waals surface area contributed by atoms with Crippen LogP contribution in [-0.2, 0) is 6.42 Å². The van der Waals surface area contributed by atoms with Crippen LogP contribution in [0.4, 0.5) is 0 Å². The monoisotopic (exact) mass is 336 g/mol. The fourth-order valence-electron chi connectivity index (χ4n) is 4.14. The third-order valence-electron chi connectivity index (χ3n) is 5.48. The summed E-state index contributed by atoms with van der Waals surface area (Å²) in [6, 6.07) is 16.8. The number of piperazine rings is 1. The van der Waals surface area contributed by atoms with Gasteiger partial charge in [0.2, 0.25) is 0 Å². The number of carbonyl (C=O) groups is 1. The van der Waals surface area contributed by atoms with Crippen molar-refractivity contribution in [3.63, 3.8) is 0 Å². The number of carbonyl (C=O) groups excluding carboxylic acids is 1. The molecule has 1 heterocycles. The highest BCUT2D eigenvalue weighted by Gasteiger charge is 2.31. The Bertz CT molecular complexity index is 766. The summed E-state index contributed by atoms with van der Waals surface area (Å²) in [4.78, 5) is 17.3. The number of benzene rings is 2. The number of ether oxygens (including phenoxy) is 1. The van der Waals surface area contributed by atoms with Gasteiger partial charge in [-0.3, -0.25) is 9.69 Å². The molecule has 4 rings (SSSR count). The van der Waals surface area contributed by atoms with Crippen molar-refractivity contribution in [3.8, 4) is 5.75 Å². The van der Waals surface area contributed by atoms with Gasteiger partial charge in [-0.2, -0.15) is 0 Å². The second-order valence-electron chi connectivity index (χ2n) is 6.78. The van der Waals surface area contributed by atoms with E-state index >= 15 is 0 Å². The quantitative estimate of drug-likeness (QED) is 0.863. The zero-order valence-electron chi connectivity index (χ0n) is 14.6. The minimum absolute atomic E-state index is 0.0731. The summed E-state index contributed by atoms with van der Waals surface area (Å²) in [7, 11) is 1.61. The van der Waals surface area contributed by atoms with Crippen LogP contribution in [-0.4, -0.2) is 49.0 Å². The van der Waals surface area contributed by atoms with Crippen molar-refractivity contribution in [2.24, 2.45) is 0 Å². The molecule has 0 radical (unpaired) electrons. The maximum Gasteiger partial charge on any atom is 0.257 e. The number of fused-ring (bicyclic) bond motifs is 1. The number of hydrogen-bond donors (Lipinski definition) is 0. The summed E-state index contributed by atoms with van der Waals surface area (Å²) in [6.45, 7) is 3.41. The van der Waals surface area contributed by atoms with Gasteiger partial charge in [-0.05, 0) is 36.1 Å². The number of nitrogens with zero attached hydrogens (tertiary/aromatic N) is 2. The molecule has 0 bridgehead atoms. The van der Waals surface area contributed by atoms with Crippen molar-refractivity contribution in [1.29, 1.82) is 0 Å². The molecule has 1 aliphatic carbocycles. The molecule has 25 heavy (non-hydrogen) atoms. The van der Waals surface area contributed by atoms with Crippen molar-refractivity contribution in [3.05, 3.63) is 65.2 Å². The fraction of sp³-hybridized carbons (Fsp3) is 0.381. The highest BCUT2D eigenvalue weighted by atomic mass is 16.5. The van der Waals surface area contributed by atoms with E-state index in [1.807, 2.05) is 29.2 Å². The minimum atomic E-state index is 0.0731. The zero-order chi connectivity index (χ0) is 17.2. The Morgan fingerprint density at radius 2 is 1.72 bits per heavy atom. The summed E-state index contributed by atoms with van der Waals surface area (Å²) in [5.41, 5.74) is 3.62. The highest BCUT2D eigenvalue weighted by Crippen LogP contribution is 2.36. The number of amides is 1. The summed E-state index contributed by atoms with van der Waals surface area (Å²) < 4.78 is 5.34. The van der Waals surface area contributed by atoms with Gasteiger partial charge in [0.05, 0.1) is 12.7 Å². The second-order valence-corrected chi connectivity index (χ2v) is 6.78. The fourth-order valence-corrected chi connectivity index (χ4v) is 4.14. The van der Waals surface area contributed by atoms with Crippen LogP contribution in [0.1, 0.15) is 33.9 Å². The first-order valence-corrected chi connectivity index (χ1v) is 9.02. The molecule has 1 aliphatic heterocycles. The average Bonchev–Trinajstić information content (AvgIpc) is 3.11. The molecule has 0 aromatic heterocycles. The van der Waals surface area contributed by atoms with Gasteiger partial charge >= 0.3 is 0 Å². The van der Waals surface area contributed by atoms with Crippen LogP contribution in [0.5, 0.6) is 5.75 Å². The van der Waals surface area contributed by atoms with Gasteiger partial charge in [0, 0.05) is 32.2 Å². The largest absolute Gasteiger partial charge is 0.496 e. The normalized spacial score (nSPS) is 20.4. The molecule has 1 fully saturated rings. The van der Waals surface area contributed by atoms with Crippen LogP contribution in [0.2, 0.25) is 0 Å². The molecule has 4 heteroatoms. The van der Waals surface area contributed by atoms with E-state index in [-0.39, 0.29) is 5.91 Å². The number of para-hydroxylation sites is 1. The molecule has 4 nitrogen and oxygen atoms in total. The van der Waals surface area contributed by atoms with Crippen LogP contribution in [0, 0.1) is 0 Å². The van der Waals surface area contributed by atoms with Crippen molar-refractivity contribution >= 4 is 5.91 Å². The Morgan fingerprint density at radius 3 is 2.52 bits per heavy atom. The highest BCUT2D eigenvalue weighted by molar-refractivity contribution is 5.97. The maximum absolute atomic E-state index is 12.8. The predicted molar refractivity (Wildman–Crippen MR) is 98.0 cm³/mol.